The molecule has 1 aromatic rings. The molecule has 6 nitrogen and oxygen atoms in total. The number of ether oxygens (including phenoxy) is 1. The quantitative estimate of drug-likeness (QED) is 0.135. The molecule has 2 atom stereocenters. The van der Waals surface area contributed by atoms with Gasteiger partial charge in [0.1, 0.15) is 5.75 Å². The van der Waals surface area contributed by atoms with Crippen molar-refractivity contribution in [1.29, 1.82) is 0 Å². The third kappa shape index (κ3) is 10.3. The molecule has 150 valence electrons. The van der Waals surface area contributed by atoms with Crippen molar-refractivity contribution in [3.63, 3.8) is 0 Å². The average molecular weight is 388 g/mol. The molecule has 1 N–H and O–H groups in total. The fourth-order valence-electron chi connectivity index (χ4n) is 2.60. The third-order valence-electron chi connectivity index (χ3n) is 3.88. The molecule has 0 heterocycles. The maximum Gasteiger partial charge on any atom is 0.499 e. The second-order valence-corrected chi connectivity index (χ2v) is 7.57. The Morgan fingerprint density at radius 1 is 1.04 bits per heavy atom. The van der Waals surface area contributed by atoms with Gasteiger partial charge in [-0.05, 0) is 31.4 Å². The number of benzene rings is 1. The number of para-hydroxylation sites is 1. The predicted molar refractivity (Wildman–Crippen MR) is 102 cm³/mol. The van der Waals surface area contributed by atoms with Gasteiger partial charge in [0.25, 0.3) is 0 Å². The predicted octanol–water partition coefficient (Wildman–Crippen LogP) is 5.79. The summed E-state index contributed by atoms with van der Waals surface area (Å²) in [5.74, 6) is 0.693. The van der Waals surface area contributed by atoms with E-state index in [0.29, 0.717) is 5.75 Å². The normalized spacial score (nSPS) is 14.8. The summed E-state index contributed by atoms with van der Waals surface area (Å²) in [4.78, 5) is 14.2. The number of phosphoric acid groups is 1. The fourth-order valence-corrected chi connectivity index (χ4v) is 3.20. The van der Waals surface area contributed by atoms with Crippen molar-refractivity contribution >= 4 is 7.82 Å². The summed E-state index contributed by atoms with van der Waals surface area (Å²) in [6.07, 6.45) is 8.87. The Balaban J connectivity index is 2.39. The number of unbranched alkanes of at least 4 members (excludes halogenated alkanes) is 6. The molecule has 0 saturated carbocycles. The molecule has 7 heteroatoms. The lowest BCUT2D eigenvalue weighted by atomic mass is 10.0. The molecular formula is C19H33O6P. The summed E-state index contributed by atoms with van der Waals surface area (Å²) < 4.78 is 26.1. The average Bonchev–Trinajstić information content (AvgIpc) is 2.61. The van der Waals surface area contributed by atoms with Crippen LogP contribution < -0.4 is 4.74 Å². The van der Waals surface area contributed by atoms with Gasteiger partial charge in [-0.2, -0.15) is 4.89 Å². The van der Waals surface area contributed by atoms with Crippen molar-refractivity contribution in [2.24, 2.45) is 0 Å². The number of phosphoric ester groups is 1. The maximum absolute atomic E-state index is 11.4. The third-order valence-corrected chi connectivity index (χ3v) is 4.74. The van der Waals surface area contributed by atoms with Crippen LogP contribution in [-0.4, -0.2) is 17.8 Å². The second kappa shape index (κ2) is 13.3. The first-order valence-electron chi connectivity index (χ1n) is 9.55. The minimum atomic E-state index is -4.20. The van der Waals surface area contributed by atoms with Gasteiger partial charge < -0.3 is 9.63 Å². The minimum Gasteiger partial charge on any atom is -0.462 e. The molecule has 0 aliphatic rings. The Labute approximate surface area is 157 Å². The Morgan fingerprint density at radius 3 is 2.38 bits per heavy atom. The van der Waals surface area contributed by atoms with E-state index in [1.165, 1.54) is 38.5 Å². The molecule has 26 heavy (non-hydrogen) atoms. The van der Waals surface area contributed by atoms with Crippen LogP contribution in [0.25, 0.3) is 0 Å². The molecule has 0 saturated heterocycles. The largest absolute Gasteiger partial charge is 0.499 e. The van der Waals surface area contributed by atoms with Gasteiger partial charge in [-0.15, -0.1) is 4.67 Å². The topological polar surface area (TPSA) is 74.2 Å². The lowest BCUT2D eigenvalue weighted by Gasteiger charge is -2.18. The van der Waals surface area contributed by atoms with Gasteiger partial charge in [0.2, 0.25) is 6.29 Å². The fraction of sp³-hybridized carbons (Fsp3) is 0.684. The van der Waals surface area contributed by atoms with Crippen LogP contribution in [-0.2, 0) is 25.1 Å². The van der Waals surface area contributed by atoms with E-state index >= 15 is 0 Å². The summed E-state index contributed by atoms with van der Waals surface area (Å²) in [6.45, 7) is 5.46. The number of aryl methyl sites for hydroxylation is 1. The van der Waals surface area contributed by atoms with E-state index in [-0.39, 0.29) is 6.61 Å². The second-order valence-electron chi connectivity index (χ2n) is 6.22. The highest BCUT2D eigenvalue weighted by atomic mass is 31.2. The van der Waals surface area contributed by atoms with Crippen molar-refractivity contribution < 1.29 is 28.3 Å². The molecule has 0 amide bonds. The molecule has 0 bridgehead atoms. The molecule has 0 fully saturated rings. The molecule has 2 unspecified atom stereocenters. The van der Waals surface area contributed by atoms with Crippen LogP contribution in [0.2, 0.25) is 0 Å². The molecule has 0 aromatic heterocycles. The van der Waals surface area contributed by atoms with Crippen molar-refractivity contribution in [1.82, 2.24) is 0 Å². The maximum atomic E-state index is 11.4. The van der Waals surface area contributed by atoms with E-state index in [2.05, 4.69) is 16.1 Å². The monoisotopic (exact) mass is 388 g/mol. The van der Waals surface area contributed by atoms with Crippen LogP contribution in [0.5, 0.6) is 5.75 Å². The van der Waals surface area contributed by atoms with Gasteiger partial charge in [0.15, 0.2) is 0 Å². The summed E-state index contributed by atoms with van der Waals surface area (Å²) in [5, 5.41) is 0. The minimum absolute atomic E-state index is 0.0493. The summed E-state index contributed by atoms with van der Waals surface area (Å²) in [5.41, 5.74) is 1.09. The van der Waals surface area contributed by atoms with Gasteiger partial charge in [0, 0.05) is 6.92 Å². The molecule has 0 aliphatic heterocycles. The van der Waals surface area contributed by atoms with Crippen LogP contribution in [0.15, 0.2) is 24.3 Å². The lowest BCUT2D eigenvalue weighted by molar-refractivity contribution is -0.301. The summed E-state index contributed by atoms with van der Waals surface area (Å²) >= 11 is 0. The SMILES string of the molecule is CCCCCCCCCc1ccccc1OC(C)OOP(=O)(O)OCC. The van der Waals surface area contributed by atoms with E-state index in [1.54, 1.807) is 13.8 Å². The first-order valence-corrected chi connectivity index (χ1v) is 11.0. The Kier molecular flexibility index (Phi) is 11.8. The first kappa shape index (κ1) is 23.1. The van der Waals surface area contributed by atoms with E-state index in [9.17, 15) is 9.46 Å². The summed E-state index contributed by atoms with van der Waals surface area (Å²) in [6, 6.07) is 7.74. The van der Waals surface area contributed by atoms with Crippen molar-refractivity contribution in [2.45, 2.75) is 78.4 Å². The molecule has 1 rings (SSSR count). The van der Waals surface area contributed by atoms with Gasteiger partial charge in [-0.3, -0.25) is 4.52 Å². The van der Waals surface area contributed by atoms with E-state index in [1.807, 2.05) is 24.3 Å². The zero-order valence-electron chi connectivity index (χ0n) is 16.2. The highest BCUT2D eigenvalue weighted by Gasteiger charge is 2.23. The van der Waals surface area contributed by atoms with Gasteiger partial charge in [-0.1, -0.05) is 63.6 Å². The van der Waals surface area contributed by atoms with Gasteiger partial charge >= 0.3 is 7.82 Å². The molecule has 1 aromatic carbocycles. The van der Waals surface area contributed by atoms with Crippen LogP contribution in [0, 0.1) is 0 Å². The summed E-state index contributed by atoms with van der Waals surface area (Å²) in [7, 11) is -4.20. The van der Waals surface area contributed by atoms with E-state index in [4.69, 9.17) is 9.62 Å². The van der Waals surface area contributed by atoms with E-state index in [0.717, 1.165) is 18.4 Å². The van der Waals surface area contributed by atoms with Crippen LogP contribution >= 0.6 is 7.82 Å². The first-order chi connectivity index (χ1) is 12.5. The van der Waals surface area contributed by atoms with Gasteiger partial charge in [0.05, 0.1) is 6.61 Å². The van der Waals surface area contributed by atoms with Crippen molar-refractivity contribution in [3.8, 4) is 5.75 Å². The number of hydrogen-bond donors (Lipinski definition) is 1. The Bertz CT molecular complexity index is 537. The Morgan fingerprint density at radius 2 is 1.69 bits per heavy atom. The van der Waals surface area contributed by atoms with Crippen molar-refractivity contribution in [2.75, 3.05) is 6.61 Å². The standard InChI is InChI=1S/C19H33O6P/c1-4-6-7-8-9-10-11-14-18-15-12-13-16-19(18)23-17(3)24-25-26(20,21)22-5-2/h12-13,15-17H,4-11,14H2,1-3H3,(H,20,21). The van der Waals surface area contributed by atoms with Crippen LogP contribution in [0.3, 0.4) is 0 Å². The van der Waals surface area contributed by atoms with E-state index < -0.39 is 14.1 Å². The Hall–Kier alpha value is -0.910. The molecule has 0 radical (unpaired) electrons. The lowest BCUT2D eigenvalue weighted by Crippen LogP contribution is -2.17. The highest BCUT2D eigenvalue weighted by molar-refractivity contribution is 7.47. The highest BCUT2D eigenvalue weighted by Crippen LogP contribution is 2.43. The number of hydrogen-bond acceptors (Lipinski definition) is 5. The van der Waals surface area contributed by atoms with Crippen LogP contribution in [0.4, 0.5) is 0 Å². The molecular weight excluding hydrogens is 355 g/mol. The zero-order chi connectivity index (χ0) is 19.3. The zero-order valence-corrected chi connectivity index (χ0v) is 17.1. The molecule has 0 aliphatic carbocycles. The van der Waals surface area contributed by atoms with Crippen molar-refractivity contribution in [3.05, 3.63) is 29.8 Å². The number of rotatable bonds is 15. The smallest absolute Gasteiger partial charge is 0.462 e. The molecule has 0 spiro atoms. The van der Waals surface area contributed by atoms with Crippen LogP contribution in [0.1, 0.15) is 71.3 Å². The van der Waals surface area contributed by atoms with Gasteiger partial charge in [-0.25, -0.2) is 4.57 Å².